The quantitative estimate of drug-likeness (QED) is 0.705. The summed E-state index contributed by atoms with van der Waals surface area (Å²) < 4.78 is 24.4. The lowest BCUT2D eigenvalue weighted by molar-refractivity contribution is 0.0552. The Hall–Kier alpha value is -1.13. The molecular formula is C16H26FNO2. The molecule has 0 aliphatic rings. The van der Waals surface area contributed by atoms with Crippen molar-refractivity contribution in [3.63, 3.8) is 0 Å². The average Bonchev–Trinajstić information content (AvgIpc) is 2.33. The van der Waals surface area contributed by atoms with Gasteiger partial charge in [0.15, 0.2) is 0 Å². The Bertz CT molecular complexity index is 394. The Labute approximate surface area is 121 Å². The maximum absolute atomic E-state index is 13.5. The van der Waals surface area contributed by atoms with Crippen molar-refractivity contribution >= 4 is 0 Å². The largest absolute Gasteiger partial charge is 0.491 e. The topological polar surface area (TPSA) is 30.5 Å². The number of ether oxygens (including phenoxy) is 2. The molecule has 0 spiro atoms. The van der Waals surface area contributed by atoms with Crippen molar-refractivity contribution < 1.29 is 13.9 Å². The molecule has 0 radical (unpaired) electrons. The van der Waals surface area contributed by atoms with Crippen LogP contribution in [0.1, 0.15) is 33.3 Å². The first kappa shape index (κ1) is 16.9. The maximum atomic E-state index is 13.5. The van der Waals surface area contributed by atoms with Gasteiger partial charge in [-0.3, -0.25) is 0 Å². The highest BCUT2D eigenvalue weighted by atomic mass is 19.1. The van der Waals surface area contributed by atoms with Gasteiger partial charge in [0.2, 0.25) is 0 Å². The van der Waals surface area contributed by atoms with Crippen LogP contribution in [0.4, 0.5) is 4.39 Å². The van der Waals surface area contributed by atoms with E-state index in [9.17, 15) is 4.39 Å². The van der Waals surface area contributed by atoms with Gasteiger partial charge in [-0.25, -0.2) is 4.39 Å². The molecule has 0 saturated heterocycles. The number of nitrogens with one attached hydrogen (secondary N) is 1. The summed E-state index contributed by atoms with van der Waals surface area (Å²) in [7, 11) is 0. The monoisotopic (exact) mass is 283 g/mol. The van der Waals surface area contributed by atoms with E-state index >= 15 is 0 Å². The molecule has 0 aliphatic carbocycles. The van der Waals surface area contributed by atoms with Gasteiger partial charge in [-0.15, -0.1) is 0 Å². The third-order valence-electron chi connectivity index (χ3n) is 2.62. The standard InChI is InChI=1S/C16H26FNO2/c1-12(2)10-18-11-14-7-15(17)9-16(8-14)20-6-5-19-13(3)4/h7-9,12-13,18H,5-6,10-11H2,1-4H3. The molecule has 0 bridgehead atoms. The molecule has 1 rings (SSSR count). The summed E-state index contributed by atoms with van der Waals surface area (Å²) in [4.78, 5) is 0. The Morgan fingerprint density at radius 1 is 1.10 bits per heavy atom. The van der Waals surface area contributed by atoms with E-state index in [0.717, 1.165) is 12.1 Å². The molecule has 0 fully saturated rings. The number of hydrogen-bond acceptors (Lipinski definition) is 3. The lowest BCUT2D eigenvalue weighted by Crippen LogP contribution is -2.19. The summed E-state index contributed by atoms with van der Waals surface area (Å²) in [6, 6.07) is 4.80. The molecule has 0 saturated carbocycles. The number of rotatable bonds is 9. The molecule has 1 aromatic rings. The van der Waals surface area contributed by atoms with E-state index in [-0.39, 0.29) is 11.9 Å². The number of hydrogen-bond donors (Lipinski definition) is 1. The summed E-state index contributed by atoms with van der Waals surface area (Å²) in [5.74, 6) is 0.861. The average molecular weight is 283 g/mol. The fourth-order valence-electron chi connectivity index (χ4n) is 1.75. The molecule has 4 heteroatoms. The van der Waals surface area contributed by atoms with Crippen LogP contribution in [-0.2, 0) is 11.3 Å². The van der Waals surface area contributed by atoms with Crippen molar-refractivity contribution in [2.45, 2.75) is 40.3 Å². The molecule has 0 unspecified atom stereocenters. The van der Waals surface area contributed by atoms with E-state index in [0.29, 0.717) is 31.4 Å². The van der Waals surface area contributed by atoms with E-state index in [1.807, 2.05) is 19.9 Å². The summed E-state index contributed by atoms with van der Waals surface area (Å²) >= 11 is 0. The fourth-order valence-corrected chi connectivity index (χ4v) is 1.75. The molecule has 114 valence electrons. The van der Waals surface area contributed by atoms with E-state index in [4.69, 9.17) is 9.47 Å². The van der Waals surface area contributed by atoms with Gasteiger partial charge >= 0.3 is 0 Å². The first-order valence-corrected chi connectivity index (χ1v) is 7.22. The van der Waals surface area contributed by atoms with Crippen LogP contribution in [-0.4, -0.2) is 25.9 Å². The molecule has 0 aromatic heterocycles. The Balaban J connectivity index is 2.44. The lowest BCUT2D eigenvalue weighted by atomic mass is 10.2. The first-order chi connectivity index (χ1) is 9.47. The van der Waals surface area contributed by atoms with Crippen LogP contribution < -0.4 is 10.1 Å². The van der Waals surface area contributed by atoms with Crippen molar-refractivity contribution in [2.75, 3.05) is 19.8 Å². The van der Waals surface area contributed by atoms with Crippen LogP contribution in [0.15, 0.2) is 18.2 Å². The smallest absolute Gasteiger partial charge is 0.127 e. The first-order valence-electron chi connectivity index (χ1n) is 7.22. The Morgan fingerprint density at radius 2 is 1.85 bits per heavy atom. The molecule has 1 aromatic carbocycles. The van der Waals surface area contributed by atoms with E-state index < -0.39 is 0 Å². The predicted molar refractivity (Wildman–Crippen MR) is 79.5 cm³/mol. The normalized spacial score (nSPS) is 11.3. The Kier molecular flexibility index (Phi) is 7.55. The highest BCUT2D eigenvalue weighted by molar-refractivity contribution is 5.29. The van der Waals surface area contributed by atoms with Crippen molar-refractivity contribution in [2.24, 2.45) is 5.92 Å². The van der Waals surface area contributed by atoms with Crippen LogP contribution in [0.2, 0.25) is 0 Å². The van der Waals surface area contributed by atoms with Crippen molar-refractivity contribution in [1.29, 1.82) is 0 Å². The second kappa shape index (κ2) is 8.93. The van der Waals surface area contributed by atoms with Crippen molar-refractivity contribution in [3.8, 4) is 5.75 Å². The summed E-state index contributed by atoms with van der Waals surface area (Å²) in [5, 5.41) is 3.29. The number of benzene rings is 1. The molecule has 20 heavy (non-hydrogen) atoms. The molecule has 0 amide bonds. The van der Waals surface area contributed by atoms with Gasteiger partial charge in [0.25, 0.3) is 0 Å². The van der Waals surface area contributed by atoms with Crippen molar-refractivity contribution in [1.82, 2.24) is 5.32 Å². The molecule has 1 N–H and O–H groups in total. The van der Waals surface area contributed by atoms with Gasteiger partial charge in [0.05, 0.1) is 12.7 Å². The molecule has 3 nitrogen and oxygen atoms in total. The SMILES string of the molecule is CC(C)CNCc1cc(F)cc(OCCOC(C)C)c1. The van der Waals surface area contributed by atoms with E-state index in [1.54, 1.807) is 0 Å². The third kappa shape index (κ3) is 7.46. The minimum Gasteiger partial charge on any atom is -0.491 e. The molecule has 0 aliphatic heterocycles. The highest BCUT2D eigenvalue weighted by Crippen LogP contribution is 2.16. The van der Waals surface area contributed by atoms with Crippen LogP contribution in [0, 0.1) is 11.7 Å². The lowest BCUT2D eigenvalue weighted by Gasteiger charge is -2.11. The second-order valence-electron chi connectivity index (χ2n) is 5.59. The van der Waals surface area contributed by atoms with E-state index in [1.165, 1.54) is 12.1 Å². The van der Waals surface area contributed by atoms with Crippen LogP contribution in [0.5, 0.6) is 5.75 Å². The second-order valence-corrected chi connectivity index (χ2v) is 5.59. The van der Waals surface area contributed by atoms with Gasteiger partial charge in [0, 0.05) is 12.6 Å². The zero-order valence-electron chi connectivity index (χ0n) is 12.9. The molecule has 0 heterocycles. The third-order valence-corrected chi connectivity index (χ3v) is 2.62. The molecule has 0 atom stereocenters. The number of halogens is 1. The molecular weight excluding hydrogens is 257 g/mol. The summed E-state index contributed by atoms with van der Waals surface area (Å²) in [5.41, 5.74) is 0.894. The fraction of sp³-hybridized carbons (Fsp3) is 0.625. The highest BCUT2D eigenvalue weighted by Gasteiger charge is 2.03. The summed E-state index contributed by atoms with van der Waals surface area (Å²) in [6.07, 6.45) is 0.182. The van der Waals surface area contributed by atoms with Crippen LogP contribution in [0.25, 0.3) is 0 Å². The minimum absolute atomic E-state index is 0.182. The Morgan fingerprint density at radius 3 is 2.50 bits per heavy atom. The predicted octanol–water partition coefficient (Wildman–Crippen LogP) is 3.38. The van der Waals surface area contributed by atoms with Crippen LogP contribution >= 0.6 is 0 Å². The van der Waals surface area contributed by atoms with E-state index in [2.05, 4.69) is 19.2 Å². The summed E-state index contributed by atoms with van der Waals surface area (Å²) in [6.45, 7) is 10.7. The zero-order chi connectivity index (χ0) is 15.0. The van der Waals surface area contributed by atoms with Crippen LogP contribution in [0.3, 0.4) is 0 Å². The zero-order valence-corrected chi connectivity index (χ0v) is 12.9. The van der Waals surface area contributed by atoms with Gasteiger partial charge < -0.3 is 14.8 Å². The van der Waals surface area contributed by atoms with Gasteiger partial charge in [0.1, 0.15) is 18.2 Å². The minimum atomic E-state index is -0.270. The van der Waals surface area contributed by atoms with Gasteiger partial charge in [-0.05, 0) is 44.0 Å². The van der Waals surface area contributed by atoms with Crippen molar-refractivity contribution in [3.05, 3.63) is 29.6 Å². The van der Waals surface area contributed by atoms with Gasteiger partial charge in [-0.2, -0.15) is 0 Å². The van der Waals surface area contributed by atoms with Gasteiger partial charge in [-0.1, -0.05) is 13.8 Å². The maximum Gasteiger partial charge on any atom is 0.127 e.